The number of carbonyl (C=O) groups excluding carboxylic acids is 2. The quantitative estimate of drug-likeness (QED) is 0.0346. The largest absolute Gasteiger partial charge is 0.462 e. The van der Waals surface area contributed by atoms with E-state index in [1.807, 2.05) is 0 Å². The van der Waals surface area contributed by atoms with E-state index in [4.69, 9.17) is 14.2 Å². The Morgan fingerprint density at radius 2 is 0.694 bits per heavy atom. The SMILES string of the molecule is CCCC/C=C\CCCCCCCC(=O)OC(COCCCCCCCCC/C=C\C/C=C\C/C=C\CCCCC)COC(=O)CCCCCCC/C=C\CCCCCCCC. The molecule has 0 aliphatic rings. The highest BCUT2D eigenvalue weighted by Crippen LogP contribution is 2.14. The molecule has 0 spiro atoms. The van der Waals surface area contributed by atoms with Crippen LogP contribution in [0.3, 0.4) is 0 Å². The van der Waals surface area contributed by atoms with Crippen LogP contribution in [0.5, 0.6) is 0 Å². The summed E-state index contributed by atoms with van der Waals surface area (Å²) in [6.45, 7) is 7.74. The van der Waals surface area contributed by atoms with Gasteiger partial charge in [-0.1, -0.05) is 210 Å². The van der Waals surface area contributed by atoms with E-state index in [2.05, 4.69) is 81.5 Å². The van der Waals surface area contributed by atoms with Crippen LogP contribution in [0.2, 0.25) is 0 Å². The molecule has 0 aliphatic carbocycles. The lowest BCUT2D eigenvalue weighted by molar-refractivity contribution is -0.163. The van der Waals surface area contributed by atoms with E-state index in [1.54, 1.807) is 0 Å². The monoisotopic (exact) mass is 867 g/mol. The molecule has 0 bridgehead atoms. The number of esters is 2. The average Bonchev–Trinajstić information content (AvgIpc) is 3.27. The Morgan fingerprint density at radius 1 is 0.355 bits per heavy atom. The molecule has 0 fully saturated rings. The van der Waals surface area contributed by atoms with Gasteiger partial charge in [-0.3, -0.25) is 9.59 Å². The van der Waals surface area contributed by atoms with Gasteiger partial charge in [0.05, 0.1) is 6.61 Å². The fraction of sp³-hybridized carbons (Fsp3) is 0.789. The van der Waals surface area contributed by atoms with Crippen LogP contribution in [0.25, 0.3) is 0 Å². The number of carbonyl (C=O) groups is 2. The topological polar surface area (TPSA) is 61.8 Å². The first kappa shape index (κ1) is 59.6. The van der Waals surface area contributed by atoms with Crippen molar-refractivity contribution in [3.05, 3.63) is 60.8 Å². The molecular weight excluding hydrogens is 765 g/mol. The predicted molar refractivity (Wildman–Crippen MR) is 270 cm³/mol. The molecular formula is C57H102O5. The van der Waals surface area contributed by atoms with Crippen molar-refractivity contribution in [1.29, 1.82) is 0 Å². The van der Waals surface area contributed by atoms with Gasteiger partial charge in [-0.25, -0.2) is 0 Å². The van der Waals surface area contributed by atoms with E-state index < -0.39 is 6.10 Å². The third-order valence-electron chi connectivity index (χ3n) is 11.5. The molecule has 0 heterocycles. The van der Waals surface area contributed by atoms with E-state index >= 15 is 0 Å². The minimum atomic E-state index is -0.549. The van der Waals surface area contributed by atoms with E-state index in [-0.39, 0.29) is 25.2 Å². The predicted octanol–water partition coefficient (Wildman–Crippen LogP) is 18.1. The molecule has 1 atom stereocenters. The average molecular weight is 867 g/mol. The maximum Gasteiger partial charge on any atom is 0.306 e. The number of hydrogen-bond donors (Lipinski definition) is 0. The number of rotatable bonds is 49. The molecule has 62 heavy (non-hydrogen) atoms. The summed E-state index contributed by atoms with van der Waals surface area (Å²) in [6, 6.07) is 0. The molecule has 0 aromatic rings. The summed E-state index contributed by atoms with van der Waals surface area (Å²) < 4.78 is 17.4. The zero-order chi connectivity index (χ0) is 44.9. The summed E-state index contributed by atoms with van der Waals surface area (Å²) in [5.74, 6) is -0.418. The second kappa shape index (κ2) is 52.9. The normalized spacial score (nSPS) is 12.6. The molecule has 1 unspecified atom stereocenters. The first-order chi connectivity index (χ1) is 30.6. The number of unbranched alkanes of at least 4 members (excludes halogenated alkanes) is 28. The zero-order valence-electron chi connectivity index (χ0n) is 41.4. The molecule has 0 saturated heterocycles. The highest BCUT2D eigenvalue weighted by molar-refractivity contribution is 5.70. The zero-order valence-corrected chi connectivity index (χ0v) is 41.4. The Labute approximate surface area is 385 Å². The summed E-state index contributed by atoms with van der Waals surface area (Å²) in [6.07, 6.45) is 66.6. The Bertz CT molecular complexity index is 1070. The van der Waals surface area contributed by atoms with Crippen molar-refractivity contribution in [2.24, 2.45) is 0 Å². The molecule has 0 radical (unpaired) electrons. The molecule has 0 aliphatic heterocycles. The molecule has 360 valence electrons. The van der Waals surface area contributed by atoms with Crippen LogP contribution in [0.4, 0.5) is 0 Å². The number of hydrogen-bond acceptors (Lipinski definition) is 5. The third kappa shape index (κ3) is 50.2. The van der Waals surface area contributed by atoms with Crippen molar-refractivity contribution in [3.63, 3.8) is 0 Å². The van der Waals surface area contributed by atoms with E-state index in [0.717, 1.165) is 77.0 Å². The van der Waals surface area contributed by atoms with Crippen LogP contribution in [-0.4, -0.2) is 37.9 Å². The van der Waals surface area contributed by atoms with Crippen LogP contribution in [0, 0.1) is 0 Å². The Hall–Kier alpha value is -2.40. The lowest BCUT2D eigenvalue weighted by atomic mass is 10.1. The number of allylic oxidation sites excluding steroid dienone is 10. The second-order valence-corrected chi connectivity index (χ2v) is 17.8. The van der Waals surface area contributed by atoms with Gasteiger partial charge in [0.2, 0.25) is 0 Å². The lowest BCUT2D eigenvalue weighted by Crippen LogP contribution is -2.30. The molecule has 5 nitrogen and oxygen atoms in total. The van der Waals surface area contributed by atoms with Crippen LogP contribution >= 0.6 is 0 Å². The molecule has 0 rings (SSSR count). The van der Waals surface area contributed by atoms with Gasteiger partial charge < -0.3 is 14.2 Å². The van der Waals surface area contributed by atoms with E-state index in [9.17, 15) is 9.59 Å². The fourth-order valence-corrected chi connectivity index (χ4v) is 7.43. The smallest absolute Gasteiger partial charge is 0.306 e. The fourth-order valence-electron chi connectivity index (χ4n) is 7.43. The van der Waals surface area contributed by atoms with Gasteiger partial charge >= 0.3 is 11.9 Å². The minimum absolute atomic E-state index is 0.0736. The van der Waals surface area contributed by atoms with E-state index in [0.29, 0.717) is 19.4 Å². The lowest BCUT2D eigenvalue weighted by Gasteiger charge is -2.18. The van der Waals surface area contributed by atoms with Gasteiger partial charge in [-0.15, -0.1) is 0 Å². The molecule has 0 saturated carbocycles. The third-order valence-corrected chi connectivity index (χ3v) is 11.5. The molecule has 0 aromatic heterocycles. The van der Waals surface area contributed by atoms with Gasteiger partial charge in [0.15, 0.2) is 6.10 Å². The maximum absolute atomic E-state index is 12.8. The molecule has 0 N–H and O–H groups in total. The Morgan fingerprint density at radius 3 is 1.18 bits per heavy atom. The summed E-state index contributed by atoms with van der Waals surface area (Å²) >= 11 is 0. The second-order valence-electron chi connectivity index (χ2n) is 17.8. The van der Waals surface area contributed by atoms with Crippen LogP contribution in [0.1, 0.15) is 265 Å². The van der Waals surface area contributed by atoms with Crippen LogP contribution in [-0.2, 0) is 23.8 Å². The van der Waals surface area contributed by atoms with Gasteiger partial charge in [0.25, 0.3) is 0 Å². The first-order valence-electron chi connectivity index (χ1n) is 26.8. The van der Waals surface area contributed by atoms with Crippen molar-refractivity contribution < 1.29 is 23.8 Å². The van der Waals surface area contributed by atoms with Crippen LogP contribution < -0.4 is 0 Å². The Balaban J connectivity index is 4.25. The van der Waals surface area contributed by atoms with Gasteiger partial charge in [-0.2, -0.15) is 0 Å². The Kier molecular flexibility index (Phi) is 50.9. The van der Waals surface area contributed by atoms with Crippen LogP contribution in [0.15, 0.2) is 60.8 Å². The summed E-state index contributed by atoms with van der Waals surface area (Å²) in [4.78, 5) is 25.4. The highest BCUT2D eigenvalue weighted by Gasteiger charge is 2.17. The molecule has 0 aromatic carbocycles. The maximum atomic E-state index is 12.8. The summed E-state index contributed by atoms with van der Waals surface area (Å²) in [5, 5.41) is 0. The van der Waals surface area contributed by atoms with Crippen molar-refractivity contribution >= 4 is 11.9 Å². The van der Waals surface area contributed by atoms with Gasteiger partial charge in [0.1, 0.15) is 6.61 Å². The number of ether oxygens (including phenoxy) is 3. The minimum Gasteiger partial charge on any atom is -0.462 e. The van der Waals surface area contributed by atoms with Crippen molar-refractivity contribution in [2.75, 3.05) is 19.8 Å². The molecule has 5 heteroatoms. The first-order valence-corrected chi connectivity index (χ1v) is 26.8. The van der Waals surface area contributed by atoms with Gasteiger partial charge in [-0.05, 0) is 103 Å². The van der Waals surface area contributed by atoms with Gasteiger partial charge in [0, 0.05) is 19.4 Å². The standard InChI is InChI=1S/C57H102O5/c1-4-7-10-13-16-19-22-24-26-27-28-29-30-32-34-37-40-43-46-49-52-60-53-55(62-57(59)51-48-45-42-39-35-21-18-15-12-9-6-3)54-61-56(58)50-47-44-41-38-36-33-31-25-23-20-17-14-11-8-5-2/h15-16,18-19,24-26,28-29,31,55H,4-14,17,20-23,27,30,32-54H2,1-3H3/b18-15-,19-16-,26-24-,29-28-,31-25-. The highest BCUT2D eigenvalue weighted by atomic mass is 16.6. The molecule has 0 amide bonds. The summed E-state index contributed by atoms with van der Waals surface area (Å²) in [5.41, 5.74) is 0. The van der Waals surface area contributed by atoms with E-state index in [1.165, 1.54) is 154 Å². The summed E-state index contributed by atoms with van der Waals surface area (Å²) in [7, 11) is 0. The van der Waals surface area contributed by atoms with Crippen molar-refractivity contribution in [2.45, 2.75) is 271 Å². The van der Waals surface area contributed by atoms with Crippen molar-refractivity contribution in [3.8, 4) is 0 Å². The van der Waals surface area contributed by atoms with Crippen molar-refractivity contribution in [1.82, 2.24) is 0 Å².